The van der Waals surface area contributed by atoms with E-state index in [0.717, 1.165) is 25.9 Å². The van der Waals surface area contributed by atoms with Crippen LogP contribution < -0.4 is 15.2 Å². The number of rotatable bonds is 5. The number of piperidine rings is 1. The molecule has 1 fully saturated rings. The molecule has 0 aromatic heterocycles. The number of hydrogen-bond acceptors (Lipinski definition) is 6. The van der Waals surface area contributed by atoms with Crippen LogP contribution >= 0.6 is 11.6 Å². The van der Waals surface area contributed by atoms with E-state index in [1.165, 1.54) is 32.6 Å². The average Bonchev–Trinajstić information content (AvgIpc) is 2.68. The third kappa shape index (κ3) is 3.86. The summed E-state index contributed by atoms with van der Waals surface area (Å²) in [6.45, 7) is 5.94. The van der Waals surface area contributed by atoms with Gasteiger partial charge in [-0.3, -0.25) is 0 Å². The minimum absolute atomic E-state index is 0.0814. The number of methoxy groups -OCH3 is 1. The Bertz CT molecular complexity index is 659. The molecule has 1 aromatic rings. The molecule has 1 aromatic carbocycles. The molecule has 1 atom stereocenters. The van der Waals surface area contributed by atoms with Crippen molar-refractivity contribution in [3.8, 4) is 11.5 Å². The Morgan fingerprint density at radius 2 is 2.12 bits per heavy atom. The molecular formula is C19H27ClN2O4. The van der Waals surface area contributed by atoms with Crippen molar-refractivity contribution in [1.82, 2.24) is 4.90 Å². The molecule has 2 N–H and O–H groups in total. The van der Waals surface area contributed by atoms with E-state index in [-0.39, 0.29) is 16.7 Å². The number of carbonyl (C=O) groups is 1. The maximum absolute atomic E-state index is 12.0. The Morgan fingerprint density at radius 3 is 2.77 bits per heavy atom. The zero-order valence-electron chi connectivity index (χ0n) is 15.4. The van der Waals surface area contributed by atoms with Gasteiger partial charge in [0.2, 0.25) is 0 Å². The Balaban J connectivity index is 1.72. The van der Waals surface area contributed by atoms with Gasteiger partial charge in [-0.05, 0) is 45.0 Å². The van der Waals surface area contributed by atoms with Gasteiger partial charge < -0.3 is 24.8 Å². The van der Waals surface area contributed by atoms with E-state index in [1.54, 1.807) is 0 Å². The van der Waals surface area contributed by atoms with Gasteiger partial charge in [0, 0.05) is 5.92 Å². The summed E-state index contributed by atoms with van der Waals surface area (Å²) in [7, 11) is 1.32. The van der Waals surface area contributed by atoms with Gasteiger partial charge in [0.05, 0.1) is 17.8 Å². The second kappa shape index (κ2) is 8.35. The minimum Gasteiger partial charge on any atom is -0.485 e. The molecule has 0 radical (unpaired) electrons. The number of halogens is 1. The van der Waals surface area contributed by atoms with Gasteiger partial charge in [0.15, 0.2) is 11.5 Å². The van der Waals surface area contributed by atoms with E-state index in [9.17, 15) is 4.79 Å². The van der Waals surface area contributed by atoms with Gasteiger partial charge in [-0.15, -0.1) is 0 Å². The maximum Gasteiger partial charge on any atom is 0.341 e. The van der Waals surface area contributed by atoms with E-state index >= 15 is 0 Å². The lowest BCUT2D eigenvalue weighted by atomic mass is 9.90. The fourth-order valence-corrected chi connectivity index (χ4v) is 3.85. The lowest BCUT2D eigenvalue weighted by molar-refractivity contribution is 0.0198. The van der Waals surface area contributed by atoms with E-state index in [4.69, 9.17) is 31.5 Å². The van der Waals surface area contributed by atoms with Gasteiger partial charge >= 0.3 is 5.97 Å². The molecule has 3 rings (SSSR count). The van der Waals surface area contributed by atoms with E-state index in [2.05, 4.69) is 11.8 Å². The summed E-state index contributed by atoms with van der Waals surface area (Å²) in [5.41, 5.74) is 6.64. The Hall–Kier alpha value is -1.66. The summed E-state index contributed by atoms with van der Waals surface area (Å²) in [5, 5.41) is 0.266. The number of anilines is 1. The quantitative estimate of drug-likeness (QED) is 0.621. The first kappa shape index (κ1) is 19.1. The molecule has 26 heavy (non-hydrogen) atoms. The highest BCUT2D eigenvalue weighted by Crippen LogP contribution is 2.45. The molecule has 2 heterocycles. The van der Waals surface area contributed by atoms with Crippen LogP contribution in [0.25, 0.3) is 0 Å². The van der Waals surface area contributed by atoms with Crippen LogP contribution in [0.15, 0.2) is 6.07 Å². The van der Waals surface area contributed by atoms with Crippen molar-refractivity contribution in [3.63, 3.8) is 0 Å². The maximum atomic E-state index is 12.0. The second-order valence-electron chi connectivity index (χ2n) is 6.97. The molecule has 7 heteroatoms. The van der Waals surface area contributed by atoms with Crippen molar-refractivity contribution in [3.05, 3.63) is 16.7 Å². The average molecular weight is 383 g/mol. The van der Waals surface area contributed by atoms with Crippen LogP contribution in [0.2, 0.25) is 5.02 Å². The van der Waals surface area contributed by atoms with Crippen molar-refractivity contribution in [1.29, 1.82) is 0 Å². The van der Waals surface area contributed by atoms with Crippen LogP contribution in [-0.4, -0.2) is 50.3 Å². The van der Waals surface area contributed by atoms with Crippen molar-refractivity contribution in [2.75, 3.05) is 39.1 Å². The highest BCUT2D eigenvalue weighted by atomic mass is 35.5. The van der Waals surface area contributed by atoms with Crippen molar-refractivity contribution in [2.24, 2.45) is 5.92 Å². The molecule has 0 spiro atoms. The molecule has 6 nitrogen and oxygen atoms in total. The highest BCUT2D eigenvalue weighted by molar-refractivity contribution is 6.34. The third-order valence-electron chi connectivity index (χ3n) is 5.28. The summed E-state index contributed by atoms with van der Waals surface area (Å²) < 4.78 is 16.9. The predicted molar refractivity (Wildman–Crippen MR) is 101 cm³/mol. The summed E-state index contributed by atoms with van der Waals surface area (Å²) in [4.78, 5) is 14.5. The van der Waals surface area contributed by atoms with Gasteiger partial charge in [0.1, 0.15) is 18.3 Å². The van der Waals surface area contributed by atoms with Gasteiger partial charge in [-0.2, -0.15) is 0 Å². The first-order chi connectivity index (χ1) is 12.5. The number of ether oxygens (including phenoxy) is 3. The zero-order valence-corrected chi connectivity index (χ0v) is 16.2. The number of carbonyl (C=O) groups excluding carboxylic acids is 1. The second-order valence-corrected chi connectivity index (χ2v) is 7.38. The van der Waals surface area contributed by atoms with Crippen LogP contribution in [-0.2, 0) is 4.74 Å². The molecule has 2 aliphatic rings. The molecule has 1 saturated heterocycles. The molecule has 2 aliphatic heterocycles. The Morgan fingerprint density at radius 1 is 1.38 bits per heavy atom. The molecule has 144 valence electrons. The zero-order chi connectivity index (χ0) is 18.7. The number of benzene rings is 1. The van der Waals surface area contributed by atoms with Crippen LogP contribution in [0.1, 0.15) is 43.0 Å². The normalized spacial score (nSPS) is 20.8. The number of unbranched alkanes of at least 4 members (excludes halogenated alkanes) is 1. The fraction of sp³-hybridized carbons (Fsp3) is 0.632. The summed E-state index contributed by atoms with van der Waals surface area (Å²) in [6.07, 6.45) is 4.52. The molecule has 0 saturated carbocycles. The number of likely N-dealkylation sites (tertiary alicyclic amines) is 1. The Labute approximate surface area is 159 Å². The summed E-state index contributed by atoms with van der Waals surface area (Å²) in [5.74, 6) is 0.577. The minimum atomic E-state index is -0.519. The third-order valence-corrected chi connectivity index (χ3v) is 5.59. The lowest BCUT2D eigenvalue weighted by Crippen LogP contribution is -2.43. The number of nitrogens with zero attached hydrogens (tertiary/aromatic N) is 1. The molecule has 1 unspecified atom stereocenters. The lowest BCUT2D eigenvalue weighted by Gasteiger charge is -2.38. The number of nitrogen functional groups attached to an aromatic ring is 1. The smallest absolute Gasteiger partial charge is 0.341 e. The van der Waals surface area contributed by atoms with Gasteiger partial charge in [-0.25, -0.2) is 4.79 Å². The first-order valence-electron chi connectivity index (χ1n) is 9.27. The van der Waals surface area contributed by atoms with Crippen molar-refractivity contribution in [2.45, 2.75) is 38.7 Å². The van der Waals surface area contributed by atoms with Crippen LogP contribution in [0.5, 0.6) is 11.5 Å². The molecular weight excluding hydrogens is 356 g/mol. The van der Waals surface area contributed by atoms with Crippen LogP contribution in [0.4, 0.5) is 5.69 Å². The van der Waals surface area contributed by atoms with Crippen LogP contribution in [0.3, 0.4) is 0 Å². The largest absolute Gasteiger partial charge is 0.485 e. The number of esters is 1. The first-order valence-corrected chi connectivity index (χ1v) is 9.65. The highest BCUT2D eigenvalue weighted by Gasteiger charge is 2.35. The molecule has 0 bridgehead atoms. The number of fused-ring (bicyclic) bond motifs is 1. The van der Waals surface area contributed by atoms with Gasteiger partial charge in [0.25, 0.3) is 0 Å². The Kier molecular flexibility index (Phi) is 6.14. The molecule has 0 amide bonds. The van der Waals surface area contributed by atoms with E-state index in [0.29, 0.717) is 29.7 Å². The van der Waals surface area contributed by atoms with Crippen molar-refractivity contribution >= 4 is 23.3 Å². The SMILES string of the molecule is CCCCN1CCC(C2COc3c(C(=O)OC)cc(Cl)c(N)c3O2)CC1. The number of hydrogen-bond donors (Lipinski definition) is 1. The number of nitrogens with two attached hydrogens (primary N) is 1. The topological polar surface area (TPSA) is 74.0 Å². The van der Waals surface area contributed by atoms with Crippen molar-refractivity contribution < 1.29 is 19.0 Å². The van der Waals surface area contributed by atoms with Crippen LogP contribution in [0, 0.1) is 5.92 Å². The monoisotopic (exact) mass is 382 g/mol. The predicted octanol–water partition coefficient (Wildman–Crippen LogP) is 3.36. The summed E-state index contributed by atoms with van der Waals surface area (Å²) >= 11 is 6.18. The molecule has 0 aliphatic carbocycles. The van der Waals surface area contributed by atoms with E-state index in [1.807, 2.05) is 0 Å². The summed E-state index contributed by atoms with van der Waals surface area (Å²) in [6, 6.07) is 1.47. The van der Waals surface area contributed by atoms with Gasteiger partial charge in [-0.1, -0.05) is 24.9 Å². The fourth-order valence-electron chi connectivity index (χ4n) is 3.66. The van der Waals surface area contributed by atoms with E-state index < -0.39 is 5.97 Å². The standard InChI is InChI=1S/C19H27ClN2O4/c1-3-4-7-22-8-5-12(6-9-22)15-11-25-17-13(19(23)24-2)10-14(20)16(21)18(17)26-15/h10,12,15H,3-9,11,21H2,1-2H3.